The van der Waals surface area contributed by atoms with E-state index in [-0.39, 0.29) is 5.41 Å². The van der Waals surface area contributed by atoms with Crippen LogP contribution in [0.2, 0.25) is 0 Å². The maximum Gasteiger partial charge on any atom is -0.0129 e. The van der Waals surface area contributed by atoms with Crippen LogP contribution in [0.3, 0.4) is 0 Å². The van der Waals surface area contributed by atoms with Crippen LogP contribution in [-0.4, -0.2) is 0 Å². The lowest BCUT2D eigenvalue weighted by Crippen LogP contribution is -2.09. The van der Waals surface area contributed by atoms with Crippen LogP contribution in [0.5, 0.6) is 0 Å². The van der Waals surface area contributed by atoms with E-state index in [9.17, 15) is 0 Å². The summed E-state index contributed by atoms with van der Waals surface area (Å²) in [5.41, 5.74) is 13.6. The van der Waals surface area contributed by atoms with Gasteiger partial charge in [-0.25, -0.2) is 0 Å². The summed E-state index contributed by atoms with van der Waals surface area (Å²) in [5.74, 6) is 0. The molecular weight excluding hydrogens is 577 g/mol. The summed E-state index contributed by atoms with van der Waals surface area (Å²) >= 11 is 0. The Hall–Kier alpha value is -5.46. The van der Waals surface area contributed by atoms with Crippen LogP contribution in [0.25, 0.3) is 72.7 Å². The van der Waals surface area contributed by atoms with E-state index in [1.807, 2.05) is 25.2 Å². The molecule has 236 valence electrons. The van der Waals surface area contributed by atoms with Crippen LogP contribution in [0, 0.1) is 5.41 Å². The number of hydrogen-bond donors (Lipinski definition) is 0. The second-order valence-electron chi connectivity index (χ2n) is 13.6. The Kier molecular flexibility index (Phi) is 9.28. The SMILES string of the molecule is C=C/C=C\C(=C(/C)c1ccc(-c2ccc3cc(-c4ccc5cc(-c6ccc(C=C)c(/C=C\C)c6)ccc5c4)ccc3c2)cc1)C(C)(C)C. The van der Waals surface area contributed by atoms with Gasteiger partial charge in [-0.1, -0.05) is 155 Å². The van der Waals surface area contributed by atoms with Crippen molar-refractivity contribution < 1.29 is 0 Å². The number of rotatable bonds is 8. The van der Waals surface area contributed by atoms with Crippen molar-refractivity contribution in [3.63, 3.8) is 0 Å². The minimum Gasteiger partial charge on any atom is -0.0991 e. The van der Waals surface area contributed by atoms with Gasteiger partial charge in [0, 0.05) is 0 Å². The maximum absolute atomic E-state index is 3.97. The van der Waals surface area contributed by atoms with Gasteiger partial charge in [0.1, 0.15) is 0 Å². The van der Waals surface area contributed by atoms with E-state index in [2.05, 4.69) is 174 Å². The summed E-state index contributed by atoms with van der Waals surface area (Å²) in [6, 6.07) is 42.7. The molecule has 6 rings (SSSR count). The van der Waals surface area contributed by atoms with Crippen molar-refractivity contribution in [3.05, 3.63) is 175 Å². The van der Waals surface area contributed by atoms with E-state index in [1.54, 1.807) is 0 Å². The lowest BCUT2D eigenvalue weighted by molar-refractivity contribution is 0.518. The zero-order valence-corrected chi connectivity index (χ0v) is 28.8. The maximum atomic E-state index is 3.97. The Morgan fingerprint density at radius 2 is 0.979 bits per heavy atom. The summed E-state index contributed by atoms with van der Waals surface area (Å²) in [6.07, 6.45) is 12.2. The summed E-state index contributed by atoms with van der Waals surface area (Å²) in [4.78, 5) is 0. The van der Waals surface area contributed by atoms with Gasteiger partial charge in [-0.05, 0) is 132 Å². The van der Waals surface area contributed by atoms with Crippen LogP contribution in [0.15, 0.2) is 158 Å². The fourth-order valence-electron chi connectivity index (χ4n) is 6.64. The lowest BCUT2D eigenvalue weighted by Gasteiger charge is -2.23. The number of fused-ring (bicyclic) bond motifs is 2. The first-order valence-corrected chi connectivity index (χ1v) is 16.8. The zero-order valence-electron chi connectivity index (χ0n) is 28.8. The minimum atomic E-state index is 0.0471. The van der Waals surface area contributed by atoms with Crippen LogP contribution < -0.4 is 0 Å². The molecule has 6 aromatic carbocycles. The second-order valence-corrected chi connectivity index (χ2v) is 13.6. The minimum absolute atomic E-state index is 0.0471. The standard InChI is InChI=1S/C48H44/c1-8-11-13-47(48(5,6)7)33(4)35-15-17-36(18-16-35)38-20-21-41-30-43(23-22-40(41)29-38)46-27-26-44-31-42(24-25-45(44)32-46)39-19-14-34(10-3)37(28-39)12-9-2/h8-32H,1,3H2,2,4-7H3/b12-9-,13-11-,47-33-. The van der Waals surface area contributed by atoms with Crippen molar-refractivity contribution in [2.45, 2.75) is 34.6 Å². The third kappa shape index (κ3) is 6.80. The third-order valence-corrected chi connectivity index (χ3v) is 9.26. The average Bonchev–Trinajstić information content (AvgIpc) is 3.10. The summed E-state index contributed by atoms with van der Waals surface area (Å²) in [5, 5.41) is 4.96. The Balaban J connectivity index is 1.25. The Bertz CT molecular complexity index is 2240. The van der Waals surface area contributed by atoms with E-state index >= 15 is 0 Å². The molecule has 0 saturated carbocycles. The molecule has 0 unspecified atom stereocenters. The van der Waals surface area contributed by atoms with Crippen LogP contribution >= 0.6 is 0 Å². The van der Waals surface area contributed by atoms with Crippen molar-refractivity contribution >= 4 is 39.3 Å². The first-order chi connectivity index (χ1) is 23.2. The van der Waals surface area contributed by atoms with Gasteiger partial charge >= 0.3 is 0 Å². The molecule has 0 aliphatic carbocycles. The molecule has 0 aliphatic rings. The molecule has 0 spiro atoms. The first kappa shape index (κ1) is 32.5. The van der Waals surface area contributed by atoms with Crippen LogP contribution in [0.4, 0.5) is 0 Å². The van der Waals surface area contributed by atoms with Gasteiger partial charge in [0.15, 0.2) is 0 Å². The molecule has 0 heterocycles. The van der Waals surface area contributed by atoms with Crippen LogP contribution in [-0.2, 0) is 0 Å². The second kappa shape index (κ2) is 13.7. The molecule has 0 nitrogen and oxygen atoms in total. The molecule has 0 amide bonds. The Labute approximate surface area is 286 Å². The Morgan fingerprint density at radius 3 is 1.42 bits per heavy atom. The predicted molar refractivity (Wildman–Crippen MR) is 214 cm³/mol. The molecule has 0 fully saturated rings. The molecule has 0 atom stereocenters. The summed E-state index contributed by atoms with van der Waals surface area (Å²) in [6.45, 7) is 18.9. The topological polar surface area (TPSA) is 0 Å². The highest BCUT2D eigenvalue weighted by Crippen LogP contribution is 2.35. The molecule has 0 aromatic heterocycles. The van der Waals surface area contributed by atoms with E-state index < -0.39 is 0 Å². The fraction of sp³-hybridized carbons (Fsp3) is 0.125. The van der Waals surface area contributed by atoms with Crippen molar-refractivity contribution in [3.8, 4) is 33.4 Å². The lowest BCUT2D eigenvalue weighted by atomic mass is 9.81. The molecule has 0 radical (unpaired) electrons. The number of hydrogen-bond acceptors (Lipinski definition) is 0. The van der Waals surface area contributed by atoms with E-state index in [1.165, 1.54) is 77.2 Å². The number of benzene rings is 6. The molecule has 0 aliphatic heterocycles. The smallest absolute Gasteiger partial charge is 0.0129 e. The van der Waals surface area contributed by atoms with E-state index in [0.29, 0.717) is 0 Å². The summed E-state index contributed by atoms with van der Waals surface area (Å²) < 4.78 is 0. The highest BCUT2D eigenvalue weighted by Gasteiger charge is 2.18. The molecule has 0 bridgehead atoms. The quantitative estimate of drug-likeness (QED) is 0.149. The molecule has 0 heteroatoms. The molecule has 48 heavy (non-hydrogen) atoms. The third-order valence-electron chi connectivity index (χ3n) is 9.26. The van der Waals surface area contributed by atoms with Gasteiger partial charge < -0.3 is 0 Å². The Morgan fingerprint density at radius 1 is 0.542 bits per heavy atom. The van der Waals surface area contributed by atoms with Gasteiger partial charge in [0.2, 0.25) is 0 Å². The van der Waals surface area contributed by atoms with Gasteiger partial charge in [0.05, 0.1) is 0 Å². The fourth-order valence-corrected chi connectivity index (χ4v) is 6.64. The highest BCUT2D eigenvalue weighted by molar-refractivity contribution is 5.94. The van der Waals surface area contributed by atoms with Crippen LogP contribution in [0.1, 0.15) is 51.3 Å². The monoisotopic (exact) mass is 620 g/mol. The van der Waals surface area contributed by atoms with Gasteiger partial charge in [-0.2, -0.15) is 0 Å². The molecular formula is C48H44. The number of allylic oxidation sites excluding steroid dienone is 6. The van der Waals surface area contributed by atoms with Crippen molar-refractivity contribution in [1.82, 2.24) is 0 Å². The van der Waals surface area contributed by atoms with Gasteiger partial charge in [-0.15, -0.1) is 0 Å². The normalized spacial score (nSPS) is 12.6. The summed E-state index contributed by atoms with van der Waals surface area (Å²) in [7, 11) is 0. The molecule has 0 N–H and O–H groups in total. The van der Waals surface area contributed by atoms with Gasteiger partial charge in [-0.3, -0.25) is 0 Å². The van der Waals surface area contributed by atoms with Crippen molar-refractivity contribution in [2.75, 3.05) is 0 Å². The van der Waals surface area contributed by atoms with Gasteiger partial charge in [0.25, 0.3) is 0 Å². The van der Waals surface area contributed by atoms with E-state index in [4.69, 9.17) is 0 Å². The molecule has 0 saturated heterocycles. The average molecular weight is 621 g/mol. The molecule has 6 aromatic rings. The zero-order chi connectivity index (χ0) is 33.8. The predicted octanol–water partition coefficient (Wildman–Crippen LogP) is 14.2. The van der Waals surface area contributed by atoms with Crippen molar-refractivity contribution in [2.24, 2.45) is 5.41 Å². The van der Waals surface area contributed by atoms with Crippen molar-refractivity contribution in [1.29, 1.82) is 0 Å². The largest absolute Gasteiger partial charge is 0.0991 e. The first-order valence-electron chi connectivity index (χ1n) is 16.8. The van der Waals surface area contributed by atoms with E-state index in [0.717, 1.165) is 5.56 Å². The highest BCUT2D eigenvalue weighted by atomic mass is 14.2.